The van der Waals surface area contributed by atoms with Crippen LogP contribution in [0.3, 0.4) is 0 Å². The molecular weight excluding hydrogens is 438 g/mol. The van der Waals surface area contributed by atoms with Gasteiger partial charge in [0.25, 0.3) is 0 Å². The highest BCUT2D eigenvalue weighted by molar-refractivity contribution is 5.69. The first-order valence-electron chi connectivity index (χ1n) is 13.6. The predicted molar refractivity (Wildman–Crippen MR) is 146 cm³/mol. The van der Waals surface area contributed by atoms with Crippen molar-refractivity contribution in [2.75, 3.05) is 17.2 Å². The number of rotatable bonds is 20. The maximum Gasteiger partial charge on any atom is 0.353 e. The maximum absolute atomic E-state index is 11.7. The second-order valence-electron chi connectivity index (χ2n) is 9.54. The molecule has 0 radical (unpaired) electrons. The van der Waals surface area contributed by atoms with Crippen molar-refractivity contribution in [3.8, 4) is 0 Å². The summed E-state index contributed by atoms with van der Waals surface area (Å²) in [5.41, 5.74) is 2.13. The molecule has 0 bridgehead atoms. The molecular formula is C28H45N5O2. The fourth-order valence-electron chi connectivity index (χ4n) is 4.23. The highest BCUT2D eigenvalue weighted by Gasteiger charge is 2.22. The van der Waals surface area contributed by atoms with Gasteiger partial charge in [-0.2, -0.15) is 0 Å². The molecule has 194 valence electrons. The number of hydrogen-bond donors (Lipinski definition) is 2. The van der Waals surface area contributed by atoms with Crippen LogP contribution in [0.4, 0.5) is 17.3 Å². The molecule has 7 heteroatoms. The normalized spacial score (nSPS) is 10.9. The summed E-state index contributed by atoms with van der Waals surface area (Å²) in [7, 11) is 0. The van der Waals surface area contributed by atoms with E-state index in [2.05, 4.69) is 27.5 Å². The number of anilines is 2. The zero-order valence-corrected chi connectivity index (χ0v) is 21.9. The molecule has 0 amide bonds. The van der Waals surface area contributed by atoms with Gasteiger partial charge in [0, 0.05) is 13.1 Å². The number of aryl methyl sites for hydroxylation is 1. The summed E-state index contributed by atoms with van der Waals surface area (Å²) in [5, 5.41) is 17.9. The molecule has 0 atom stereocenters. The van der Waals surface area contributed by atoms with Crippen molar-refractivity contribution < 1.29 is 4.92 Å². The molecule has 7 nitrogen and oxygen atoms in total. The molecule has 1 aromatic heterocycles. The summed E-state index contributed by atoms with van der Waals surface area (Å²) in [5.74, 6) is 0.528. The average molecular weight is 484 g/mol. The maximum atomic E-state index is 11.7. The van der Waals surface area contributed by atoms with Crippen LogP contribution in [0.5, 0.6) is 0 Å². The number of aromatic nitrogens is 2. The van der Waals surface area contributed by atoms with Crippen molar-refractivity contribution in [3.63, 3.8) is 0 Å². The van der Waals surface area contributed by atoms with Crippen molar-refractivity contribution in [3.05, 3.63) is 51.8 Å². The zero-order valence-electron chi connectivity index (χ0n) is 21.9. The Balaban J connectivity index is 1.60. The molecule has 0 aliphatic rings. The van der Waals surface area contributed by atoms with Gasteiger partial charge in [0.1, 0.15) is 6.33 Å². The zero-order chi connectivity index (χ0) is 25.1. The number of benzene rings is 1. The van der Waals surface area contributed by atoms with Crippen LogP contribution in [0, 0.1) is 17.0 Å². The van der Waals surface area contributed by atoms with Gasteiger partial charge >= 0.3 is 5.69 Å². The van der Waals surface area contributed by atoms with Crippen molar-refractivity contribution in [2.24, 2.45) is 0 Å². The summed E-state index contributed by atoms with van der Waals surface area (Å²) in [6.45, 7) is 5.44. The van der Waals surface area contributed by atoms with Gasteiger partial charge in [0.2, 0.25) is 11.6 Å². The van der Waals surface area contributed by atoms with Crippen molar-refractivity contribution in [2.45, 2.75) is 110 Å². The molecule has 0 saturated carbocycles. The Hall–Kier alpha value is -2.70. The smallest absolute Gasteiger partial charge is 0.353 e. The van der Waals surface area contributed by atoms with Crippen LogP contribution in [-0.4, -0.2) is 21.4 Å². The number of nitro groups is 1. The SMILES string of the molecule is CCCCCCCCCCCCCCCCNc1ncnc(NCc2ccc(C)cc2)c1[N+](=O)[O-]. The molecule has 0 fully saturated rings. The molecule has 0 saturated heterocycles. The fraction of sp³-hybridized carbons (Fsp3) is 0.643. The van der Waals surface area contributed by atoms with E-state index in [4.69, 9.17) is 0 Å². The average Bonchev–Trinajstić information content (AvgIpc) is 2.86. The Morgan fingerprint density at radius 3 is 1.74 bits per heavy atom. The molecule has 0 aliphatic carbocycles. The number of nitrogens with zero attached hydrogens (tertiary/aromatic N) is 3. The van der Waals surface area contributed by atoms with Gasteiger partial charge < -0.3 is 10.6 Å². The van der Waals surface area contributed by atoms with Gasteiger partial charge in [0.05, 0.1) is 4.92 Å². The molecule has 0 unspecified atom stereocenters. The van der Waals surface area contributed by atoms with Crippen LogP contribution in [-0.2, 0) is 6.54 Å². The van der Waals surface area contributed by atoms with Gasteiger partial charge in [-0.15, -0.1) is 0 Å². The van der Waals surface area contributed by atoms with Gasteiger partial charge in [-0.25, -0.2) is 9.97 Å². The van der Waals surface area contributed by atoms with E-state index in [1.165, 1.54) is 88.9 Å². The Morgan fingerprint density at radius 1 is 0.743 bits per heavy atom. The highest BCUT2D eigenvalue weighted by atomic mass is 16.6. The van der Waals surface area contributed by atoms with Crippen LogP contribution in [0.1, 0.15) is 108 Å². The summed E-state index contributed by atoms with van der Waals surface area (Å²) < 4.78 is 0. The molecule has 1 aromatic carbocycles. The summed E-state index contributed by atoms with van der Waals surface area (Å²) in [6.07, 6.45) is 19.7. The van der Waals surface area contributed by atoms with Crippen LogP contribution < -0.4 is 10.6 Å². The monoisotopic (exact) mass is 483 g/mol. The lowest BCUT2D eigenvalue weighted by molar-refractivity contribution is -0.383. The minimum absolute atomic E-state index is 0.0926. The lowest BCUT2D eigenvalue weighted by Gasteiger charge is -2.10. The first-order chi connectivity index (χ1) is 17.1. The quantitative estimate of drug-likeness (QED) is 0.112. The van der Waals surface area contributed by atoms with E-state index >= 15 is 0 Å². The Labute approximate surface area is 211 Å². The van der Waals surface area contributed by atoms with E-state index in [1.54, 1.807) is 0 Å². The highest BCUT2D eigenvalue weighted by Crippen LogP contribution is 2.29. The molecule has 2 aromatic rings. The largest absolute Gasteiger partial charge is 0.364 e. The number of hydrogen-bond acceptors (Lipinski definition) is 6. The second-order valence-corrected chi connectivity index (χ2v) is 9.54. The first-order valence-corrected chi connectivity index (χ1v) is 13.6. The molecule has 0 aliphatic heterocycles. The molecule has 2 N–H and O–H groups in total. The van der Waals surface area contributed by atoms with Crippen LogP contribution in [0.15, 0.2) is 30.6 Å². The molecule has 35 heavy (non-hydrogen) atoms. The van der Waals surface area contributed by atoms with Gasteiger partial charge in [-0.1, -0.05) is 120 Å². The molecule has 1 heterocycles. The van der Waals surface area contributed by atoms with E-state index in [0.717, 1.165) is 18.4 Å². The fourth-order valence-corrected chi connectivity index (χ4v) is 4.23. The number of nitrogens with one attached hydrogen (secondary N) is 2. The molecule has 0 spiro atoms. The van der Waals surface area contributed by atoms with Crippen LogP contribution >= 0.6 is 0 Å². The predicted octanol–water partition coefficient (Wildman–Crippen LogP) is 8.20. The Bertz CT molecular complexity index is 842. The molecule has 2 rings (SSSR count). The lowest BCUT2D eigenvalue weighted by atomic mass is 10.0. The van der Waals surface area contributed by atoms with Crippen molar-refractivity contribution in [1.82, 2.24) is 9.97 Å². The van der Waals surface area contributed by atoms with E-state index in [1.807, 2.05) is 31.2 Å². The number of unbranched alkanes of at least 4 members (excludes halogenated alkanes) is 13. The summed E-state index contributed by atoms with van der Waals surface area (Å²) in [4.78, 5) is 19.5. The lowest BCUT2D eigenvalue weighted by Crippen LogP contribution is -2.10. The van der Waals surface area contributed by atoms with Gasteiger partial charge in [-0.05, 0) is 18.9 Å². The van der Waals surface area contributed by atoms with E-state index in [9.17, 15) is 10.1 Å². The van der Waals surface area contributed by atoms with Gasteiger partial charge in [-0.3, -0.25) is 10.1 Å². The third-order valence-corrected chi connectivity index (χ3v) is 6.41. The van der Waals surface area contributed by atoms with Crippen LogP contribution in [0.25, 0.3) is 0 Å². The van der Waals surface area contributed by atoms with E-state index < -0.39 is 4.92 Å². The van der Waals surface area contributed by atoms with E-state index in [0.29, 0.717) is 13.1 Å². The standard InChI is InChI=1S/C28H45N5O2/c1-3-4-5-6-7-8-9-10-11-12-13-14-15-16-21-29-27-26(33(34)35)28(32-23-31-27)30-22-25-19-17-24(2)18-20-25/h17-20,23H,3-16,21-22H2,1-2H3,(H2,29,30,31,32). The van der Waals surface area contributed by atoms with Gasteiger partial charge in [0.15, 0.2) is 0 Å². The summed E-state index contributed by atoms with van der Waals surface area (Å²) >= 11 is 0. The Kier molecular flexibility index (Phi) is 14.4. The topological polar surface area (TPSA) is 93.0 Å². The minimum Gasteiger partial charge on any atom is -0.364 e. The summed E-state index contributed by atoms with van der Waals surface area (Å²) in [6, 6.07) is 8.05. The third kappa shape index (κ3) is 12.0. The third-order valence-electron chi connectivity index (χ3n) is 6.41. The van der Waals surface area contributed by atoms with Crippen LogP contribution in [0.2, 0.25) is 0 Å². The second kappa shape index (κ2) is 17.7. The first kappa shape index (κ1) is 28.5. The van der Waals surface area contributed by atoms with E-state index in [-0.39, 0.29) is 17.3 Å². The van der Waals surface area contributed by atoms with Crippen molar-refractivity contribution >= 4 is 17.3 Å². The Morgan fingerprint density at radius 2 is 1.23 bits per heavy atom. The minimum atomic E-state index is -0.412. The van der Waals surface area contributed by atoms with Crippen molar-refractivity contribution in [1.29, 1.82) is 0 Å².